The van der Waals surface area contributed by atoms with Crippen LogP contribution in [0.25, 0.3) is 27.6 Å². The number of fused-ring (bicyclic) bond motifs is 6. The number of aliphatic hydroxyl groups is 1. The maximum Gasteiger partial charge on any atom is 0.324 e. The molecule has 4 amide bonds. The lowest BCUT2D eigenvalue weighted by Gasteiger charge is -2.37. The average molecular weight is 927 g/mol. The molecule has 17 nitrogen and oxygen atoms in total. The van der Waals surface area contributed by atoms with Gasteiger partial charge in [-0.15, -0.1) is 0 Å². The molecule has 0 unspecified atom stereocenters. The first-order valence-corrected chi connectivity index (χ1v) is 23.4. The van der Waals surface area contributed by atoms with Crippen molar-refractivity contribution in [2.75, 3.05) is 40.9 Å². The Morgan fingerprint density at radius 2 is 1.82 bits per heavy atom. The van der Waals surface area contributed by atoms with Gasteiger partial charge in [-0.2, -0.15) is 0 Å². The number of nitrogens with zero attached hydrogens (tertiary/aromatic N) is 5. The molecule has 364 valence electrons. The molecular weight excluding hydrogens is 857 g/mol. The van der Waals surface area contributed by atoms with Crippen LogP contribution in [-0.2, 0) is 52.8 Å². The largest absolute Gasteiger partial charge is 0.508 e. The van der Waals surface area contributed by atoms with Crippen LogP contribution in [-0.4, -0.2) is 137 Å². The lowest BCUT2D eigenvalue weighted by atomic mass is 9.83. The van der Waals surface area contributed by atoms with E-state index in [0.717, 1.165) is 56.7 Å². The number of cyclic esters (lactones) is 1. The van der Waals surface area contributed by atoms with Crippen molar-refractivity contribution >= 4 is 52.3 Å². The van der Waals surface area contributed by atoms with E-state index in [4.69, 9.17) is 20.2 Å². The predicted octanol–water partition coefficient (Wildman–Crippen LogP) is 4.15. The summed E-state index contributed by atoms with van der Waals surface area (Å²) in [4.78, 5) is 76.8. The van der Waals surface area contributed by atoms with Gasteiger partial charge in [0, 0.05) is 68.8 Å². The molecule has 6 rings (SSSR count). The number of carbonyl (C=O) groups is 5. The zero-order valence-electron chi connectivity index (χ0n) is 40.7. The first-order valence-electron chi connectivity index (χ1n) is 23.4. The van der Waals surface area contributed by atoms with E-state index in [0.29, 0.717) is 36.9 Å². The predicted molar refractivity (Wildman–Crippen MR) is 256 cm³/mol. The maximum absolute atomic E-state index is 14.7. The van der Waals surface area contributed by atoms with Crippen LogP contribution in [0.4, 0.5) is 0 Å². The number of phenols is 1. The third kappa shape index (κ3) is 11.2. The minimum absolute atomic E-state index is 0.0319. The molecule has 1 fully saturated rings. The Labute approximate surface area is 393 Å². The Balaban J connectivity index is 1.44. The zero-order valence-corrected chi connectivity index (χ0v) is 40.7. The van der Waals surface area contributed by atoms with Crippen molar-refractivity contribution in [3.8, 4) is 16.9 Å². The van der Waals surface area contributed by atoms with E-state index >= 15 is 0 Å². The number of methoxy groups -OCH3 is 1. The minimum atomic E-state index is -1.42. The van der Waals surface area contributed by atoms with Gasteiger partial charge >= 0.3 is 5.97 Å². The van der Waals surface area contributed by atoms with E-state index in [2.05, 4.69) is 48.2 Å². The second-order valence-corrected chi connectivity index (χ2v) is 19.5. The molecule has 1 saturated heterocycles. The number of aromatic hydroxyl groups is 1. The Kier molecular flexibility index (Phi) is 16.0. The summed E-state index contributed by atoms with van der Waals surface area (Å²) in [7, 11) is 4.56. The van der Waals surface area contributed by atoms with Crippen LogP contribution in [0.2, 0.25) is 0 Å². The Morgan fingerprint density at radius 3 is 2.49 bits per heavy atom. The summed E-state index contributed by atoms with van der Waals surface area (Å²) in [6.45, 7) is 13.9. The van der Waals surface area contributed by atoms with Crippen molar-refractivity contribution in [3.63, 3.8) is 0 Å². The van der Waals surface area contributed by atoms with E-state index in [1.807, 2.05) is 25.3 Å². The van der Waals surface area contributed by atoms with Crippen molar-refractivity contribution in [1.82, 2.24) is 30.1 Å². The van der Waals surface area contributed by atoms with E-state index in [1.54, 1.807) is 33.1 Å². The summed E-state index contributed by atoms with van der Waals surface area (Å²) in [5, 5.41) is 26.4. The average Bonchev–Trinajstić information content (AvgIpc) is 3.59. The van der Waals surface area contributed by atoms with E-state index in [1.165, 1.54) is 30.9 Å². The molecule has 0 spiro atoms. The number of amides is 4. The molecule has 67 heavy (non-hydrogen) atoms. The van der Waals surface area contributed by atoms with Crippen LogP contribution in [0.5, 0.6) is 5.75 Å². The molecule has 6 bridgehead atoms. The molecule has 3 aromatic rings. The summed E-state index contributed by atoms with van der Waals surface area (Å²) in [5.74, 6) is -4.14. The monoisotopic (exact) mass is 927 g/mol. The number of phenolic OH excluding ortho intramolecular Hbond substituents is 1. The highest BCUT2D eigenvalue weighted by atomic mass is 16.5. The summed E-state index contributed by atoms with van der Waals surface area (Å²) < 4.78 is 14.3. The number of hydrogen-bond acceptors (Lipinski definition) is 12. The van der Waals surface area contributed by atoms with Gasteiger partial charge in [0.15, 0.2) is 0 Å². The smallest absolute Gasteiger partial charge is 0.324 e. The number of rotatable bonds is 12. The Bertz CT molecular complexity index is 2420. The van der Waals surface area contributed by atoms with E-state index in [9.17, 15) is 34.2 Å². The standard InChI is InChI=1S/C50H70N8O9/c1-11-57-40-17-16-32-24-36(40)37(44(57)35-14-12-18-52-42(35)30(5)66-10)25-50(6,7)27-67-49(65)38-15-13-19-58(54-38)48(64)39(22-31-20-33(32)23-34(59)21-31)53-46(62)43(28(2)3)56(9)41(60)26-55(8)47(63)29(4)45(51)61/h16-18,20-21,23-24,28-30,38-39,43,45,54,59,61H,11-15,19,22,25-27,51H2,1-10H3,(H,53,62)/t29-,30-,38-,39-,43-,45+/m0/s1. The van der Waals surface area contributed by atoms with Gasteiger partial charge in [-0.25, -0.2) is 5.43 Å². The number of esters is 1. The number of allylic oxidation sites excluding steroid dienone is 1. The summed E-state index contributed by atoms with van der Waals surface area (Å²) in [6.07, 6.45) is 3.25. The normalized spacial score (nSPS) is 20.8. The van der Waals surface area contributed by atoms with Gasteiger partial charge in [0.25, 0.3) is 5.91 Å². The lowest BCUT2D eigenvalue weighted by molar-refractivity contribution is -0.155. The molecule has 3 aliphatic heterocycles. The Hall–Kier alpha value is -5.62. The fourth-order valence-corrected chi connectivity index (χ4v) is 9.55. The molecule has 17 heteroatoms. The summed E-state index contributed by atoms with van der Waals surface area (Å²) in [5.41, 5.74) is 15.3. The van der Waals surface area contributed by atoms with Gasteiger partial charge in [0.1, 0.15) is 30.1 Å². The molecule has 6 atom stereocenters. The highest BCUT2D eigenvalue weighted by Gasteiger charge is 2.38. The number of aliphatic hydroxyl groups excluding tert-OH is 1. The fraction of sp³-hybridized carbons (Fsp3) is 0.560. The maximum atomic E-state index is 14.7. The number of hydrogen-bond donors (Lipinski definition) is 5. The quantitative estimate of drug-likeness (QED) is 0.128. The molecule has 4 heterocycles. The molecule has 3 aliphatic rings. The molecular formula is C50H70N8O9. The number of ether oxygens (including phenoxy) is 2. The lowest BCUT2D eigenvalue weighted by Crippen LogP contribution is -2.62. The van der Waals surface area contributed by atoms with E-state index < -0.39 is 71.2 Å². The van der Waals surface area contributed by atoms with Crippen LogP contribution in [0.1, 0.15) is 91.0 Å². The second-order valence-electron chi connectivity index (χ2n) is 19.5. The minimum Gasteiger partial charge on any atom is -0.508 e. The van der Waals surface area contributed by atoms with Crippen molar-refractivity contribution in [1.29, 1.82) is 0 Å². The van der Waals surface area contributed by atoms with Gasteiger partial charge in [-0.3, -0.25) is 34.0 Å². The van der Waals surface area contributed by atoms with Gasteiger partial charge in [0.05, 0.1) is 36.6 Å². The third-order valence-electron chi connectivity index (χ3n) is 13.3. The van der Waals surface area contributed by atoms with Crippen LogP contribution < -0.4 is 16.5 Å². The number of nitrogens with one attached hydrogen (secondary N) is 2. The molecule has 0 aliphatic carbocycles. The van der Waals surface area contributed by atoms with Gasteiger partial charge in [0.2, 0.25) is 17.7 Å². The van der Waals surface area contributed by atoms with Crippen LogP contribution in [0.3, 0.4) is 0 Å². The number of nitrogens with two attached hydrogens (primary N) is 1. The van der Waals surface area contributed by atoms with E-state index in [-0.39, 0.29) is 38.0 Å². The number of aryl methyl sites for hydroxylation is 1. The molecule has 0 saturated carbocycles. The molecule has 2 aromatic carbocycles. The summed E-state index contributed by atoms with van der Waals surface area (Å²) in [6, 6.07) is 8.26. The fourth-order valence-electron chi connectivity index (χ4n) is 9.55. The number of hydrazine groups is 1. The molecule has 0 radical (unpaired) electrons. The zero-order chi connectivity index (χ0) is 49.1. The third-order valence-corrected chi connectivity index (χ3v) is 13.3. The van der Waals surface area contributed by atoms with Crippen molar-refractivity contribution in [2.45, 2.75) is 124 Å². The first kappa shape index (κ1) is 50.8. The number of aromatic nitrogens is 1. The van der Waals surface area contributed by atoms with Crippen LogP contribution in [0, 0.1) is 17.3 Å². The van der Waals surface area contributed by atoms with Crippen molar-refractivity contribution < 1.29 is 43.7 Å². The number of carbonyl (C=O) groups excluding carboxylic acids is 5. The summed E-state index contributed by atoms with van der Waals surface area (Å²) >= 11 is 0. The highest BCUT2D eigenvalue weighted by molar-refractivity contribution is 5.96. The molecule has 1 aromatic heterocycles. The SMILES string of the molecule is CCn1c(C2=C([C@H](C)OC)N=CCC2)c2c3cc(ccc31)-c1cc(O)cc(c1)C[C@H](NC(=O)[C@H](C(C)C)N(C)C(=O)CN(C)C(=O)[C@@H](C)[C@H](N)O)C(=O)N1CCC[C@H](N1)C(=O)OCC(C)(C)C2. The van der Waals surface area contributed by atoms with Gasteiger partial charge < -0.3 is 45.1 Å². The van der Waals surface area contributed by atoms with Crippen LogP contribution in [0.15, 0.2) is 47.1 Å². The number of aliphatic imine (C=N–C) groups is 1. The van der Waals surface area contributed by atoms with Gasteiger partial charge in [-0.1, -0.05) is 39.8 Å². The Morgan fingerprint density at radius 1 is 1.09 bits per heavy atom. The van der Waals surface area contributed by atoms with Gasteiger partial charge in [-0.05, 0) is 105 Å². The second kappa shape index (κ2) is 21.1. The number of likely N-dealkylation sites (N-methyl/N-ethyl adjacent to an activating group) is 2. The van der Waals surface area contributed by atoms with Crippen molar-refractivity contribution in [3.05, 3.63) is 58.9 Å². The highest BCUT2D eigenvalue weighted by Crippen LogP contribution is 2.42. The topological polar surface area (TPSA) is 221 Å². The number of benzene rings is 2. The van der Waals surface area contributed by atoms with Crippen molar-refractivity contribution in [2.24, 2.45) is 28.0 Å². The first-order chi connectivity index (χ1) is 31.7. The molecule has 6 N–H and O–H groups in total. The van der Waals surface area contributed by atoms with Crippen LogP contribution >= 0.6 is 0 Å².